The summed E-state index contributed by atoms with van der Waals surface area (Å²) in [5.74, 6) is -0.635. The van der Waals surface area contributed by atoms with E-state index in [-0.39, 0.29) is 5.91 Å². The van der Waals surface area contributed by atoms with Crippen LogP contribution in [-0.2, 0) is 11.2 Å². The van der Waals surface area contributed by atoms with E-state index in [1.54, 1.807) is 36.5 Å². The molecule has 0 radical (unpaired) electrons. The van der Waals surface area contributed by atoms with E-state index in [9.17, 15) is 9.59 Å². The summed E-state index contributed by atoms with van der Waals surface area (Å²) < 4.78 is 10.6. The monoisotopic (exact) mass is 349 g/mol. The average Bonchev–Trinajstić information content (AvgIpc) is 3.07. The number of nitrogens with one attached hydrogen (secondary N) is 1. The van der Waals surface area contributed by atoms with Crippen LogP contribution >= 0.6 is 11.3 Å². The molecule has 0 unspecified atom stereocenters. The van der Waals surface area contributed by atoms with E-state index in [2.05, 4.69) is 5.32 Å². The van der Waals surface area contributed by atoms with Crippen molar-refractivity contribution < 1.29 is 24.2 Å². The van der Waals surface area contributed by atoms with Gasteiger partial charge in [0.15, 0.2) is 18.1 Å². The van der Waals surface area contributed by atoms with Crippen molar-refractivity contribution in [1.29, 1.82) is 0 Å². The van der Waals surface area contributed by atoms with Crippen LogP contribution in [0.4, 0.5) is 0 Å². The van der Waals surface area contributed by atoms with Gasteiger partial charge in [0.25, 0.3) is 5.91 Å². The van der Waals surface area contributed by atoms with Crippen molar-refractivity contribution in [2.45, 2.75) is 13.3 Å². The third kappa shape index (κ3) is 5.27. The first-order valence-corrected chi connectivity index (χ1v) is 8.40. The van der Waals surface area contributed by atoms with E-state index in [0.29, 0.717) is 30.2 Å². The quantitative estimate of drug-likeness (QED) is 0.727. The van der Waals surface area contributed by atoms with Gasteiger partial charge in [-0.25, -0.2) is 4.79 Å². The Bertz CT molecular complexity index is 684. The predicted octanol–water partition coefficient (Wildman–Crippen LogP) is 2.58. The van der Waals surface area contributed by atoms with Crippen molar-refractivity contribution in [3.05, 3.63) is 46.2 Å². The number of carbonyl (C=O) groups is 2. The van der Waals surface area contributed by atoms with Gasteiger partial charge in [0.2, 0.25) is 0 Å². The summed E-state index contributed by atoms with van der Waals surface area (Å²) in [6.07, 6.45) is 0.779. The summed E-state index contributed by atoms with van der Waals surface area (Å²) in [6, 6.07) is 8.69. The molecule has 128 valence electrons. The molecular formula is C17H19NO5S. The van der Waals surface area contributed by atoms with Crippen molar-refractivity contribution in [2.75, 3.05) is 19.8 Å². The Morgan fingerprint density at radius 3 is 2.71 bits per heavy atom. The van der Waals surface area contributed by atoms with Gasteiger partial charge in [-0.1, -0.05) is 6.07 Å². The van der Waals surface area contributed by atoms with Crippen molar-refractivity contribution >= 4 is 23.2 Å². The summed E-state index contributed by atoms with van der Waals surface area (Å²) in [5, 5.41) is 13.5. The molecule has 0 aliphatic rings. The van der Waals surface area contributed by atoms with Crippen LogP contribution in [-0.4, -0.2) is 36.7 Å². The largest absolute Gasteiger partial charge is 0.490 e. The minimum Gasteiger partial charge on any atom is -0.490 e. The van der Waals surface area contributed by atoms with Gasteiger partial charge in [-0.3, -0.25) is 4.79 Å². The highest BCUT2D eigenvalue weighted by Gasteiger charge is 2.12. The van der Waals surface area contributed by atoms with Gasteiger partial charge < -0.3 is 19.9 Å². The van der Waals surface area contributed by atoms with Crippen molar-refractivity contribution in [3.8, 4) is 11.5 Å². The highest BCUT2D eigenvalue weighted by atomic mass is 32.1. The molecule has 1 heterocycles. The molecule has 2 rings (SSSR count). The molecule has 0 bridgehead atoms. The van der Waals surface area contributed by atoms with Crippen LogP contribution < -0.4 is 14.8 Å². The minimum atomic E-state index is -1.08. The first-order valence-electron chi connectivity index (χ1n) is 7.52. The number of aliphatic carboxylic acids is 1. The zero-order valence-electron chi connectivity index (χ0n) is 13.3. The molecule has 0 atom stereocenters. The fourth-order valence-corrected chi connectivity index (χ4v) is 2.74. The number of carboxylic acid groups (broad SMARTS) is 1. The lowest BCUT2D eigenvalue weighted by molar-refractivity contribution is -0.139. The Kier molecular flexibility index (Phi) is 6.62. The number of carboxylic acids is 1. The number of thiophene rings is 1. The summed E-state index contributed by atoms with van der Waals surface area (Å²) in [6.45, 7) is 2.26. The number of amides is 1. The molecule has 2 aromatic rings. The minimum absolute atomic E-state index is 0.211. The zero-order valence-corrected chi connectivity index (χ0v) is 14.1. The smallest absolute Gasteiger partial charge is 0.341 e. The lowest BCUT2D eigenvalue weighted by Gasteiger charge is -2.12. The molecule has 0 aliphatic heterocycles. The Morgan fingerprint density at radius 1 is 1.21 bits per heavy atom. The van der Waals surface area contributed by atoms with Crippen LogP contribution in [0.3, 0.4) is 0 Å². The molecule has 0 fully saturated rings. The Hall–Kier alpha value is -2.54. The van der Waals surface area contributed by atoms with Crippen LogP contribution in [0.1, 0.15) is 22.2 Å². The molecule has 0 saturated carbocycles. The molecule has 0 spiro atoms. The number of carbonyl (C=O) groups excluding carboxylic acids is 1. The normalized spacial score (nSPS) is 10.2. The van der Waals surface area contributed by atoms with Crippen molar-refractivity contribution in [3.63, 3.8) is 0 Å². The second-order valence-corrected chi connectivity index (χ2v) is 5.89. The topological polar surface area (TPSA) is 84.9 Å². The van der Waals surface area contributed by atoms with Crippen LogP contribution in [0.25, 0.3) is 0 Å². The number of benzene rings is 1. The van der Waals surface area contributed by atoms with Crippen LogP contribution in [0.15, 0.2) is 35.7 Å². The maximum Gasteiger partial charge on any atom is 0.341 e. The maximum absolute atomic E-state index is 12.2. The first kappa shape index (κ1) is 17.8. The van der Waals surface area contributed by atoms with E-state index in [1.807, 2.05) is 17.5 Å². The summed E-state index contributed by atoms with van der Waals surface area (Å²) in [7, 11) is 0. The molecule has 1 amide bonds. The third-order valence-corrected chi connectivity index (χ3v) is 4.03. The zero-order chi connectivity index (χ0) is 17.4. The highest BCUT2D eigenvalue weighted by Crippen LogP contribution is 2.28. The molecule has 1 aromatic carbocycles. The summed E-state index contributed by atoms with van der Waals surface area (Å²) >= 11 is 1.65. The molecule has 7 heteroatoms. The van der Waals surface area contributed by atoms with E-state index < -0.39 is 12.6 Å². The second-order valence-electron chi connectivity index (χ2n) is 4.86. The molecule has 0 aliphatic carbocycles. The average molecular weight is 349 g/mol. The Labute approximate surface area is 144 Å². The van der Waals surface area contributed by atoms with Crippen molar-refractivity contribution in [2.24, 2.45) is 0 Å². The van der Waals surface area contributed by atoms with E-state index in [1.165, 1.54) is 4.88 Å². The SMILES string of the molecule is CCOc1cc(C(=O)NCCc2cccs2)ccc1OCC(=O)O. The highest BCUT2D eigenvalue weighted by molar-refractivity contribution is 7.09. The van der Waals surface area contributed by atoms with E-state index >= 15 is 0 Å². The van der Waals surface area contributed by atoms with Crippen LogP contribution in [0.5, 0.6) is 11.5 Å². The Balaban J connectivity index is 1.99. The number of hydrogen-bond donors (Lipinski definition) is 2. The fraction of sp³-hybridized carbons (Fsp3) is 0.294. The second kappa shape index (κ2) is 8.93. The molecule has 1 aromatic heterocycles. The lowest BCUT2D eigenvalue weighted by Crippen LogP contribution is -2.25. The summed E-state index contributed by atoms with van der Waals surface area (Å²) in [4.78, 5) is 24.0. The number of rotatable bonds is 9. The number of ether oxygens (including phenoxy) is 2. The lowest BCUT2D eigenvalue weighted by atomic mass is 10.2. The molecule has 6 nitrogen and oxygen atoms in total. The predicted molar refractivity (Wildman–Crippen MR) is 91.1 cm³/mol. The first-order chi connectivity index (χ1) is 11.6. The van der Waals surface area contributed by atoms with Gasteiger partial charge in [-0.05, 0) is 43.0 Å². The molecule has 24 heavy (non-hydrogen) atoms. The fourth-order valence-electron chi connectivity index (χ4n) is 2.03. The van der Waals surface area contributed by atoms with Gasteiger partial charge in [-0.2, -0.15) is 0 Å². The van der Waals surface area contributed by atoms with Gasteiger partial charge in [0.1, 0.15) is 0 Å². The van der Waals surface area contributed by atoms with E-state index in [0.717, 1.165) is 6.42 Å². The Morgan fingerprint density at radius 2 is 2.04 bits per heavy atom. The van der Waals surface area contributed by atoms with Gasteiger partial charge in [-0.15, -0.1) is 11.3 Å². The van der Waals surface area contributed by atoms with Gasteiger partial charge in [0.05, 0.1) is 6.61 Å². The van der Waals surface area contributed by atoms with Crippen LogP contribution in [0.2, 0.25) is 0 Å². The third-order valence-electron chi connectivity index (χ3n) is 3.09. The molecular weight excluding hydrogens is 330 g/mol. The molecule has 2 N–H and O–H groups in total. The standard InChI is InChI=1S/C17H19NO5S/c1-2-22-15-10-12(5-6-14(15)23-11-16(19)20)17(21)18-8-7-13-4-3-9-24-13/h3-6,9-10H,2,7-8,11H2,1H3,(H,18,21)(H,19,20). The summed E-state index contributed by atoms with van der Waals surface area (Å²) in [5.41, 5.74) is 0.437. The van der Waals surface area contributed by atoms with Crippen LogP contribution in [0, 0.1) is 0 Å². The van der Waals surface area contributed by atoms with Gasteiger partial charge >= 0.3 is 5.97 Å². The van der Waals surface area contributed by atoms with Crippen molar-refractivity contribution in [1.82, 2.24) is 5.32 Å². The molecule has 0 saturated heterocycles. The van der Waals surface area contributed by atoms with E-state index in [4.69, 9.17) is 14.6 Å². The van der Waals surface area contributed by atoms with Gasteiger partial charge in [0, 0.05) is 17.0 Å². The maximum atomic E-state index is 12.2. The number of hydrogen-bond acceptors (Lipinski definition) is 5.